The van der Waals surface area contributed by atoms with Gasteiger partial charge in [-0.1, -0.05) is 6.07 Å². The maximum absolute atomic E-state index is 12.3. The third-order valence-electron chi connectivity index (χ3n) is 3.55. The lowest BCUT2D eigenvalue weighted by Gasteiger charge is -2.22. The van der Waals surface area contributed by atoms with E-state index < -0.39 is 0 Å². The topological polar surface area (TPSA) is 84.7 Å². The van der Waals surface area contributed by atoms with E-state index in [9.17, 15) is 9.59 Å². The molecule has 1 heterocycles. The van der Waals surface area contributed by atoms with Crippen molar-refractivity contribution >= 4 is 17.5 Å². The number of amides is 2. The fourth-order valence-electron chi connectivity index (χ4n) is 2.53. The Morgan fingerprint density at radius 3 is 2.90 bits per heavy atom. The normalized spacial score (nSPS) is 15.9. The second-order valence-corrected chi connectivity index (χ2v) is 5.24. The monoisotopic (exact) mass is 291 g/mol. The minimum Gasteiger partial charge on any atom is -0.496 e. The molecule has 21 heavy (non-hydrogen) atoms. The lowest BCUT2D eigenvalue weighted by molar-refractivity contribution is -0.127. The lowest BCUT2D eigenvalue weighted by atomic mass is 10.1. The molecule has 1 fully saturated rings. The Morgan fingerprint density at radius 2 is 2.29 bits per heavy atom. The van der Waals surface area contributed by atoms with Crippen LogP contribution in [0.1, 0.15) is 30.1 Å². The molecule has 0 bridgehead atoms. The zero-order chi connectivity index (χ0) is 15.4. The van der Waals surface area contributed by atoms with E-state index in [4.69, 9.17) is 10.5 Å². The van der Waals surface area contributed by atoms with E-state index in [0.29, 0.717) is 30.0 Å². The van der Waals surface area contributed by atoms with Crippen LogP contribution in [0, 0.1) is 0 Å². The summed E-state index contributed by atoms with van der Waals surface area (Å²) in [7, 11) is 1.50. The van der Waals surface area contributed by atoms with Gasteiger partial charge in [0.25, 0.3) is 5.91 Å². The van der Waals surface area contributed by atoms with Crippen LogP contribution >= 0.6 is 0 Å². The van der Waals surface area contributed by atoms with Crippen LogP contribution in [0.3, 0.4) is 0 Å². The van der Waals surface area contributed by atoms with Crippen LogP contribution in [0.15, 0.2) is 18.2 Å². The first kappa shape index (κ1) is 15.2. The molecule has 0 aromatic heterocycles. The molecule has 3 N–H and O–H groups in total. The zero-order valence-corrected chi connectivity index (χ0v) is 12.4. The van der Waals surface area contributed by atoms with Gasteiger partial charge in [-0.3, -0.25) is 9.59 Å². The average Bonchev–Trinajstić information content (AvgIpc) is 2.83. The molecule has 2 rings (SSSR count). The minimum atomic E-state index is -0.288. The Kier molecular flexibility index (Phi) is 4.67. The third-order valence-corrected chi connectivity index (χ3v) is 3.55. The summed E-state index contributed by atoms with van der Waals surface area (Å²) in [4.78, 5) is 25.7. The molecule has 1 aliphatic rings. The first-order chi connectivity index (χ1) is 10.0. The smallest absolute Gasteiger partial charge is 0.257 e. The Hall–Kier alpha value is -2.24. The number of nitrogens with zero attached hydrogens (tertiary/aromatic N) is 1. The van der Waals surface area contributed by atoms with Crippen molar-refractivity contribution in [1.29, 1.82) is 0 Å². The van der Waals surface area contributed by atoms with Gasteiger partial charge < -0.3 is 20.7 Å². The molecule has 6 nitrogen and oxygen atoms in total. The molecular weight excluding hydrogens is 270 g/mol. The van der Waals surface area contributed by atoms with Gasteiger partial charge in [0.2, 0.25) is 5.91 Å². The van der Waals surface area contributed by atoms with Crippen LogP contribution in [0.5, 0.6) is 5.75 Å². The van der Waals surface area contributed by atoms with E-state index in [1.54, 1.807) is 23.1 Å². The number of nitrogens with one attached hydrogen (secondary N) is 1. The predicted octanol–water partition coefficient (Wildman–Crippen LogP) is 1.02. The number of ether oxygens (including phenoxy) is 1. The minimum absolute atomic E-state index is 0.146. The highest BCUT2D eigenvalue weighted by molar-refractivity contribution is 6.02. The molecule has 1 saturated heterocycles. The van der Waals surface area contributed by atoms with Crippen molar-refractivity contribution in [2.75, 3.05) is 25.9 Å². The molecule has 2 amide bonds. The van der Waals surface area contributed by atoms with E-state index in [1.807, 2.05) is 6.92 Å². The summed E-state index contributed by atoms with van der Waals surface area (Å²) >= 11 is 0. The maximum Gasteiger partial charge on any atom is 0.257 e. The van der Waals surface area contributed by atoms with Crippen molar-refractivity contribution in [1.82, 2.24) is 10.2 Å². The van der Waals surface area contributed by atoms with E-state index in [2.05, 4.69) is 5.32 Å². The zero-order valence-electron chi connectivity index (χ0n) is 12.4. The SMILES string of the molecule is COc1cccc(N)c1C(=O)NC(C)CN1CCCC1=O. The number of benzene rings is 1. The Labute approximate surface area is 124 Å². The maximum atomic E-state index is 12.3. The first-order valence-electron chi connectivity index (χ1n) is 7.04. The molecule has 1 unspecified atom stereocenters. The summed E-state index contributed by atoms with van der Waals surface area (Å²) in [6.45, 7) is 3.14. The van der Waals surface area contributed by atoms with E-state index in [0.717, 1.165) is 13.0 Å². The number of anilines is 1. The van der Waals surface area contributed by atoms with Crippen LogP contribution in [-0.2, 0) is 4.79 Å². The van der Waals surface area contributed by atoms with Gasteiger partial charge in [-0.25, -0.2) is 0 Å². The summed E-state index contributed by atoms with van der Waals surface area (Å²) in [6, 6.07) is 4.94. The Morgan fingerprint density at radius 1 is 1.52 bits per heavy atom. The molecular formula is C15H21N3O3. The Balaban J connectivity index is 2.02. The fourth-order valence-corrected chi connectivity index (χ4v) is 2.53. The fraction of sp³-hybridized carbons (Fsp3) is 0.467. The number of hydrogen-bond donors (Lipinski definition) is 2. The summed E-state index contributed by atoms with van der Waals surface area (Å²) < 4.78 is 5.17. The van der Waals surface area contributed by atoms with Crippen LogP contribution in [0.25, 0.3) is 0 Å². The molecule has 1 aromatic rings. The van der Waals surface area contributed by atoms with Gasteiger partial charge in [0.05, 0.1) is 7.11 Å². The summed E-state index contributed by atoms with van der Waals surface area (Å²) in [6.07, 6.45) is 1.49. The number of nitrogens with two attached hydrogens (primary N) is 1. The molecule has 1 aliphatic heterocycles. The number of hydrogen-bond acceptors (Lipinski definition) is 4. The Bertz CT molecular complexity index is 545. The highest BCUT2D eigenvalue weighted by Gasteiger charge is 2.23. The third kappa shape index (κ3) is 3.45. The van der Waals surface area contributed by atoms with Crippen LogP contribution in [0.4, 0.5) is 5.69 Å². The molecule has 0 spiro atoms. The number of rotatable bonds is 5. The molecule has 0 aliphatic carbocycles. The van der Waals surface area contributed by atoms with Gasteiger partial charge in [-0.05, 0) is 25.5 Å². The first-order valence-corrected chi connectivity index (χ1v) is 7.04. The highest BCUT2D eigenvalue weighted by atomic mass is 16.5. The van der Waals surface area contributed by atoms with Gasteiger partial charge in [0.1, 0.15) is 11.3 Å². The number of likely N-dealkylation sites (tertiary alicyclic amines) is 1. The van der Waals surface area contributed by atoms with Gasteiger partial charge in [-0.15, -0.1) is 0 Å². The van der Waals surface area contributed by atoms with Gasteiger partial charge in [0, 0.05) is 31.2 Å². The van der Waals surface area contributed by atoms with E-state index in [1.165, 1.54) is 7.11 Å². The summed E-state index contributed by atoms with van der Waals surface area (Å²) in [5.74, 6) is 0.300. The lowest BCUT2D eigenvalue weighted by Crippen LogP contribution is -2.42. The van der Waals surface area contributed by atoms with E-state index in [-0.39, 0.29) is 17.9 Å². The van der Waals surface area contributed by atoms with Crippen molar-refractivity contribution in [2.45, 2.75) is 25.8 Å². The molecule has 1 atom stereocenters. The quantitative estimate of drug-likeness (QED) is 0.793. The van der Waals surface area contributed by atoms with Gasteiger partial charge in [-0.2, -0.15) is 0 Å². The largest absolute Gasteiger partial charge is 0.496 e. The molecule has 6 heteroatoms. The van der Waals surface area contributed by atoms with Gasteiger partial charge in [0.15, 0.2) is 0 Å². The molecule has 114 valence electrons. The average molecular weight is 291 g/mol. The molecule has 0 radical (unpaired) electrons. The number of carbonyl (C=O) groups is 2. The second-order valence-electron chi connectivity index (χ2n) is 5.24. The number of nitrogen functional groups attached to an aromatic ring is 1. The second kappa shape index (κ2) is 6.47. The summed E-state index contributed by atoms with van der Waals surface area (Å²) in [5, 5.41) is 2.87. The van der Waals surface area contributed by atoms with Crippen LogP contribution < -0.4 is 15.8 Å². The van der Waals surface area contributed by atoms with Crippen molar-refractivity contribution < 1.29 is 14.3 Å². The van der Waals surface area contributed by atoms with Crippen LogP contribution in [0.2, 0.25) is 0 Å². The molecule has 0 saturated carbocycles. The number of methoxy groups -OCH3 is 1. The summed E-state index contributed by atoms with van der Waals surface area (Å²) in [5.41, 5.74) is 6.56. The van der Waals surface area contributed by atoms with Crippen molar-refractivity contribution in [3.63, 3.8) is 0 Å². The van der Waals surface area contributed by atoms with E-state index >= 15 is 0 Å². The van der Waals surface area contributed by atoms with Crippen LogP contribution in [-0.4, -0.2) is 43.0 Å². The highest BCUT2D eigenvalue weighted by Crippen LogP contribution is 2.24. The predicted molar refractivity (Wildman–Crippen MR) is 80.1 cm³/mol. The van der Waals surface area contributed by atoms with Crippen molar-refractivity contribution in [2.24, 2.45) is 0 Å². The standard InChI is InChI=1S/C15H21N3O3/c1-10(9-18-8-4-7-13(18)19)17-15(20)14-11(16)5-3-6-12(14)21-2/h3,5-6,10H,4,7-9,16H2,1-2H3,(H,17,20). The molecule has 1 aromatic carbocycles. The van der Waals surface area contributed by atoms with Gasteiger partial charge >= 0.3 is 0 Å². The van der Waals surface area contributed by atoms with Crippen molar-refractivity contribution in [3.05, 3.63) is 23.8 Å². The van der Waals surface area contributed by atoms with Crippen molar-refractivity contribution in [3.8, 4) is 5.75 Å². The number of carbonyl (C=O) groups excluding carboxylic acids is 2.